The lowest BCUT2D eigenvalue weighted by atomic mass is 9.38. The molecule has 0 aromatic heterocycles. The van der Waals surface area contributed by atoms with Crippen LogP contribution < -0.4 is 0 Å². The predicted octanol–water partition coefficient (Wildman–Crippen LogP) is 8.03. The minimum absolute atomic E-state index is 0.0954. The molecule has 0 saturated heterocycles. The topological polar surface area (TPSA) is 80.7 Å². The van der Waals surface area contributed by atoms with Crippen molar-refractivity contribution in [3.8, 4) is 0 Å². The first-order valence-electron chi connectivity index (χ1n) is 15.6. The van der Waals surface area contributed by atoms with E-state index in [9.17, 15) is 9.90 Å². The van der Waals surface area contributed by atoms with Crippen LogP contribution in [0.2, 0.25) is 0 Å². The number of carbonyl (C=O) groups excluding carboxylic acids is 3. The molecule has 0 aromatic rings. The number of ketones is 3. The maximum Gasteiger partial charge on any atom is 0.184 e. The lowest BCUT2D eigenvalue weighted by molar-refractivity contribution is -0.181. The zero-order chi connectivity index (χ0) is 31.1. The Morgan fingerprint density at radius 2 is 1.63 bits per heavy atom. The molecule has 2 aliphatic carbocycles. The normalized spacial score (nSPS) is 31.7. The molecule has 1 saturated carbocycles. The molecular weight excluding hydrogens is 512 g/mol. The monoisotopic (exact) mass is 566 g/mol. The largest absolute Gasteiger partial charge is 0.490 e. The molecule has 1 fully saturated rings. The smallest absolute Gasteiger partial charge is 0.184 e. The minimum atomic E-state index is -1.79. The molecule has 0 radical (unpaired) electrons. The fourth-order valence-corrected chi connectivity index (χ4v) is 7.45. The van der Waals surface area contributed by atoms with Crippen molar-refractivity contribution in [3.05, 3.63) is 46.3 Å². The number of fused-ring (bicyclic) bond motifs is 3. The Balaban J connectivity index is 2.45. The summed E-state index contributed by atoms with van der Waals surface area (Å²) in [5, 5.41) is 11.0. The molecular formula is C36H54O5. The van der Waals surface area contributed by atoms with Crippen LogP contribution in [0.25, 0.3) is 0 Å². The number of Topliss-reactive ketones (excluding diaryl/α,β-unsaturated/α-hetero) is 3. The third-order valence-electron chi connectivity index (χ3n) is 10.2. The van der Waals surface area contributed by atoms with E-state index >= 15 is 9.59 Å². The summed E-state index contributed by atoms with van der Waals surface area (Å²) < 4.78 is 6.48. The van der Waals surface area contributed by atoms with Gasteiger partial charge in [0.05, 0.1) is 11.0 Å². The first kappa shape index (κ1) is 33.2. The number of carbonyl (C=O) groups is 3. The lowest BCUT2D eigenvalue weighted by Crippen LogP contribution is -2.70. The number of allylic oxidation sites excluding steroid dienone is 7. The predicted molar refractivity (Wildman–Crippen MR) is 165 cm³/mol. The van der Waals surface area contributed by atoms with Gasteiger partial charge >= 0.3 is 0 Å². The van der Waals surface area contributed by atoms with Crippen LogP contribution in [0.15, 0.2) is 46.3 Å². The third-order valence-corrected chi connectivity index (χ3v) is 10.2. The van der Waals surface area contributed by atoms with Gasteiger partial charge in [0.25, 0.3) is 0 Å². The zero-order valence-electron chi connectivity index (χ0n) is 27.5. The Labute approximate surface area is 248 Å². The minimum Gasteiger partial charge on any atom is -0.490 e. The van der Waals surface area contributed by atoms with Crippen LogP contribution in [-0.2, 0) is 19.1 Å². The van der Waals surface area contributed by atoms with E-state index in [1.807, 2.05) is 34.6 Å². The van der Waals surface area contributed by atoms with Crippen molar-refractivity contribution in [2.75, 3.05) is 0 Å². The summed E-state index contributed by atoms with van der Waals surface area (Å²) in [4.78, 5) is 45.2. The summed E-state index contributed by atoms with van der Waals surface area (Å²) in [6.07, 6.45) is 9.33. The van der Waals surface area contributed by atoms with Gasteiger partial charge in [0.1, 0.15) is 11.9 Å². The molecule has 1 unspecified atom stereocenters. The summed E-state index contributed by atoms with van der Waals surface area (Å²) in [7, 11) is 0. The molecule has 6 atom stereocenters. The highest BCUT2D eigenvalue weighted by atomic mass is 16.5. The molecule has 228 valence electrons. The van der Waals surface area contributed by atoms with Gasteiger partial charge in [-0.25, -0.2) is 0 Å². The number of hydrogen-bond donors (Lipinski definition) is 1. The lowest BCUT2D eigenvalue weighted by Gasteiger charge is -2.61. The molecule has 2 bridgehead atoms. The zero-order valence-corrected chi connectivity index (χ0v) is 27.5. The van der Waals surface area contributed by atoms with E-state index in [1.165, 1.54) is 11.1 Å². The van der Waals surface area contributed by atoms with Gasteiger partial charge < -0.3 is 9.84 Å². The van der Waals surface area contributed by atoms with E-state index in [0.717, 1.165) is 5.57 Å². The highest BCUT2D eigenvalue weighted by Crippen LogP contribution is 2.69. The summed E-state index contributed by atoms with van der Waals surface area (Å²) >= 11 is 0. The number of hydrogen-bond acceptors (Lipinski definition) is 5. The fraction of sp³-hybridized carbons (Fsp3) is 0.694. The van der Waals surface area contributed by atoms with Crippen molar-refractivity contribution < 1.29 is 24.2 Å². The number of rotatable bonds is 11. The summed E-state index contributed by atoms with van der Waals surface area (Å²) in [5.74, 6) is -1.01. The van der Waals surface area contributed by atoms with Crippen molar-refractivity contribution in [1.82, 2.24) is 0 Å². The Morgan fingerprint density at radius 1 is 1.05 bits per heavy atom. The van der Waals surface area contributed by atoms with Crippen molar-refractivity contribution in [2.24, 2.45) is 28.1 Å². The summed E-state index contributed by atoms with van der Waals surface area (Å²) in [6.45, 7) is 21.5. The van der Waals surface area contributed by atoms with Gasteiger partial charge in [-0.2, -0.15) is 0 Å². The van der Waals surface area contributed by atoms with Crippen LogP contribution in [0.1, 0.15) is 121 Å². The quantitative estimate of drug-likeness (QED) is 0.202. The highest BCUT2D eigenvalue weighted by molar-refractivity contribution is 6.33. The van der Waals surface area contributed by atoms with Crippen molar-refractivity contribution in [2.45, 2.75) is 133 Å². The second-order valence-corrected chi connectivity index (χ2v) is 14.6. The van der Waals surface area contributed by atoms with Crippen molar-refractivity contribution in [1.29, 1.82) is 0 Å². The Kier molecular flexibility index (Phi) is 9.55. The van der Waals surface area contributed by atoms with Gasteiger partial charge in [-0.15, -0.1) is 0 Å². The SMILES string of the molecule is CCC(C)C(=O)[C@]12C(=O)C3=C(O[C@H](C(C)(C)O)C3)[C@@](CC=C(C)C)(C[C@H](CC=C(C)C)[C@@]1(C)CCC=C(C)C)C2=O. The highest BCUT2D eigenvalue weighted by Gasteiger charge is 2.77. The van der Waals surface area contributed by atoms with E-state index in [2.05, 4.69) is 45.9 Å². The van der Waals surface area contributed by atoms with E-state index < -0.39 is 33.9 Å². The maximum absolute atomic E-state index is 15.4. The fourth-order valence-electron chi connectivity index (χ4n) is 7.45. The molecule has 0 amide bonds. The Morgan fingerprint density at radius 3 is 2.15 bits per heavy atom. The molecule has 1 heterocycles. The second kappa shape index (κ2) is 11.8. The molecule has 1 aliphatic heterocycles. The molecule has 3 rings (SSSR count). The van der Waals surface area contributed by atoms with Gasteiger partial charge in [-0.3, -0.25) is 14.4 Å². The third kappa shape index (κ3) is 5.48. The molecule has 1 N–H and O–H groups in total. The molecule has 41 heavy (non-hydrogen) atoms. The number of ether oxygens (including phenoxy) is 1. The van der Waals surface area contributed by atoms with Gasteiger partial charge in [0.15, 0.2) is 22.8 Å². The standard InChI is InChI=1S/C36H54O5/c1-12-25(8)29(37)36-30(38)27-20-28(33(9,10)40)41-31(27)35(32(36)39,19-17-24(6)7)21-26(16-15-23(4)5)34(36,11)18-13-14-22(2)3/h14-15,17,25-26,28,40H,12-13,16,18-21H2,1-11H3/t25?,26-,28-,34+,35+,36+/m0/s1. The van der Waals surface area contributed by atoms with Crippen molar-refractivity contribution >= 4 is 17.3 Å². The van der Waals surface area contributed by atoms with E-state index in [-0.39, 0.29) is 29.7 Å². The summed E-state index contributed by atoms with van der Waals surface area (Å²) in [5.41, 5.74) is -1.14. The molecule has 0 aromatic carbocycles. The van der Waals surface area contributed by atoms with Crippen molar-refractivity contribution in [3.63, 3.8) is 0 Å². The molecule has 0 spiro atoms. The molecule has 3 aliphatic rings. The van der Waals surface area contributed by atoms with E-state index in [0.29, 0.717) is 49.9 Å². The van der Waals surface area contributed by atoms with E-state index in [1.54, 1.807) is 13.8 Å². The van der Waals surface area contributed by atoms with Gasteiger partial charge in [0.2, 0.25) is 0 Å². The summed E-state index contributed by atoms with van der Waals surface area (Å²) in [6, 6.07) is 0. The first-order valence-corrected chi connectivity index (χ1v) is 15.6. The van der Waals surface area contributed by atoms with Gasteiger partial charge in [0, 0.05) is 17.9 Å². The average Bonchev–Trinajstić information content (AvgIpc) is 3.33. The van der Waals surface area contributed by atoms with Crippen LogP contribution in [0, 0.1) is 28.1 Å². The molecule has 5 heteroatoms. The van der Waals surface area contributed by atoms with Crippen LogP contribution in [0.3, 0.4) is 0 Å². The second-order valence-electron chi connectivity index (χ2n) is 14.6. The Bertz CT molecular complexity index is 1190. The van der Waals surface area contributed by atoms with Gasteiger partial charge in [-0.1, -0.05) is 55.7 Å². The molecule has 5 nitrogen and oxygen atoms in total. The van der Waals surface area contributed by atoms with Crippen LogP contribution in [-0.4, -0.2) is 34.2 Å². The first-order chi connectivity index (χ1) is 18.9. The van der Waals surface area contributed by atoms with Crippen LogP contribution >= 0.6 is 0 Å². The number of aliphatic hydroxyl groups is 1. The van der Waals surface area contributed by atoms with Crippen LogP contribution in [0.5, 0.6) is 0 Å². The van der Waals surface area contributed by atoms with E-state index in [4.69, 9.17) is 4.74 Å². The maximum atomic E-state index is 15.4. The average molecular weight is 567 g/mol. The van der Waals surface area contributed by atoms with Crippen LogP contribution in [0.4, 0.5) is 0 Å². The van der Waals surface area contributed by atoms with Gasteiger partial charge in [-0.05, 0) is 105 Å². The Hall–Kier alpha value is -2.27.